The van der Waals surface area contributed by atoms with E-state index in [0.29, 0.717) is 4.90 Å². The summed E-state index contributed by atoms with van der Waals surface area (Å²) >= 11 is 5.70. The van der Waals surface area contributed by atoms with Crippen LogP contribution in [0.5, 0.6) is 0 Å². The molecule has 1 fully saturated rings. The average Bonchev–Trinajstić information content (AvgIpc) is 3.20. The van der Waals surface area contributed by atoms with E-state index in [1.165, 1.54) is 0 Å². The van der Waals surface area contributed by atoms with Crippen molar-refractivity contribution < 1.29 is 22.4 Å². The van der Waals surface area contributed by atoms with Crippen molar-refractivity contribution >= 4 is 17.5 Å². The van der Waals surface area contributed by atoms with Gasteiger partial charge in [-0.3, -0.25) is 4.79 Å². The molecule has 0 bridgehead atoms. The highest BCUT2D eigenvalue weighted by Crippen LogP contribution is 2.37. The van der Waals surface area contributed by atoms with Crippen LogP contribution in [-0.4, -0.2) is 34.6 Å². The van der Waals surface area contributed by atoms with Crippen LogP contribution >= 0.6 is 11.6 Å². The standard InChI is InChI=1S/C13H13ClF4N2O/c1-7(8-2-3-8)20(6-13(16,17)18)12(21)10-4-9(15)5-19-11(10)14/h4-5,7-8H,2-3,6H2,1H3. The summed E-state index contributed by atoms with van der Waals surface area (Å²) in [6.07, 6.45) is -2.18. The summed E-state index contributed by atoms with van der Waals surface area (Å²) < 4.78 is 51.2. The summed E-state index contributed by atoms with van der Waals surface area (Å²) in [6.45, 7) is 0.165. The molecule has 1 aliphatic rings. The van der Waals surface area contributed by atoms with Crippen LogP contribution in [-0.2, 0) is 0 Å². The molecule has 1 atom stereocenters. The number of rotatable bonds is 4. The molecule has 1 aromatic heterocycles. The maximum atomic E-state index is 13.2. The molecule has 0 spiro atoms. The van der Waals surface area contributed by atoms with Gasteiger partial charge < -0.3 is 4.90 Å². The second kappa shape index (κ2) is 5.79. The minimum absolute atomic E-state index is 0.0385. The molecule has 1 saturated carbocycles. The number of hydrogen-bond acceptors (Lipinski definition) is 2. The van der Waals surface area contributed by atoms with Crippen LogP contribution in [0.4, 0.5) is 17.6 Å². The number of amides is 1. The molecule has 0 N–H and O–H groups in total. The monoisotopic (exact) mass is 324 g/mol. The van der Waals surface area contributed by atoms with Crippen LogP contribution in [0, 0.1) is 11.7 Å². The van der Waals surface area contributed by atoms with E-state index in [0.717, 1.165) is 25.1 Å². The van der Waals surface area contributed by atoms with Gasteiger partial charge in [0.1, 0.15) is 17.5 Å². The highest BCUT2D eigenvalue weighted by Gasteiger charge is 2.41. The molecule has 1 unspecified atom stereocenters. The molecule has 0 aromatic carbocycles. The van der Waals surface area contributed by atoms with E-state index >= 15 is 0 Å². The topological polar surface area (TPSA) is 33.2 Å². The van der Waals surface area contributed by atoms with Crippen molar-refractivity contribution in [3.8, 4) is 0 Å². The third kappa shape index (κ3) is 4.06. The minimum atomic E-state index is -4.54. The van der Waals surface area contributed by atoms with Gasteiger partial charge in [0.2, 0.25) is 0 Å². The number of nitrogens with zero attached hydrogens (tertiary/aromatic N) is 2. The molecule has 0 saturated heterocycles. The molecule has 116 valence electrons. The Bertz CT molecular complexity index is 545. The lowest BCUT2D eigenvalue weighted by atomic mass is 10.1. The van der Waals surface area contributed by atoms with Crippen molar-refractivity contribution in [3.63, 3.8) is 0 Å². The van der Waals surface area contributed by atoms with Gasteiger partial charge in [0.15, 0.2) is 0 Å². The number of pyridine rings is 1. The zero-order valence-corrected chi connectivity index (χ0v) is 11.9. The highest BCUT2D eigenvalue weighted by molar-refractivity contribution is 6.32. The molecule has 1 aliphatic carbocycles. The van der Waals surface area contributed by atoms with Crippen LogP contribution in [0.1, 0.15) is 30.1 Å². The predicted molar refractivity (Wildman–Crippen MR) is 68.5 cm³/mol. The van der Waals surface area contributed by atoms with Gasteiger partial charge >= 0.3 is 6.18 Å². The summed E-state index contributed by atoms with van der Waals surface area (Å²) in [5, 5.41) is -0.309. The number of carbonyl (C=O) groups is 1. The zero-order valence-electron chi connectivity index (χ0n) is 11.1. The van der Waals surface area contributed by atoms with Gasteiger partial charge in [-0.1, -0.05) is 11.6 Å². The lowest BCUT2D eigenvalue weighted by Gasteiger charge is -2.30. The second-order valence-corrected chi connectivity index (χ2v) is 5.48. The molecule has 1 amide bonds. The Morgan fingerprint density at radius 3 is 2.67 bits per heavy atom. The van der Waals surface area contributed by atoms with E-state index in [2.05, 4.69) is 4.98 Å². The third-order valence-corrected chi connectivity index (χ3v) is 3.74. The van der Waals surface area contributed by atoms with E-state index in [-0.39, 0.29) is 16.6 Å². The van der Waals surface area contributed by atoms with E-state index in [1.807, 2.05) is 0 Å². The molecule has 3 nitrogen and oxygen atoms in total. The Morgan fingerprint density at radius 2 is 2.14 bits per heavy atom. The lowest BCUT2D eigenvalue weighted by Crippen LogP contribution is -2.45. The Hall–Kier alpha value is -1.37. The summed E-state index contributed by atoms with van der Waals surface area (Å²) in [6, 6.07) is 0.221. The molecule has 1 heterocycles. The van der Waals surface area contributed by atoms with Gasteiger partial charge in [-0.25, -0.2) is 9.37 Å². The molecule has 0 radical (unpaired) electrons. The molecule has 1 aromatic rings. The number of hydrogen-bond donors (Lipinski definition) is 0. The minimum Gasteiger partial charge on any atom is -0.326 e. The SMILES string of the molecule is CC(C1CC1)N(CC(F)(F)F)C(=O)c1cc(F)cnc1Cl. The summed E-state index contributed by atoms with van der Waals surface area (Å²) in [5.74, 6) is -1.74. The van der Waals surface area contributed by atoms with Crippen LogP contribution in [0.2, 0.25) is 5.15 Å². The van der Waals surface area contributed by atoms with Crippen LogP contribution < -0.4 is 0 Å². The molecule has 0 aliphatic heterocycles. The maximum absolute atomic E-state index is 13.2. The number of aromatic nitrogens is 1. The largest absolute Gasteiger partial charge is 0.406 e. The van der Waals surface area contributed by atoms with Crippen molar-refractivity contribution in [1.29, 1.82) is 0 Å². The second-order valence-electron chi connectivity index (χ2n) is 5.12. The fourth-order valence-electron chi connectivity index (χ4n) is 2.15. The summed E-state index contributed by atoms with van der Waals surface area (Å²) in [7, 11) is 0. The predicted octanol–water partition coefficient (Wildman–Crippen LogP) is 3.68. The van der Waals surface area contributed by atoms with E-state index in [1.54, 1.807) is 6.92 Å². The summed E-state index contributed by atoms with van der Waals surface area (Å²) in [5.41, 5.74) is -0.353. The first-order chi connectivity index (χ1) is 9.69. The first-order valence-electron chi connectivity index (χ1n) is 6.38. The average molecular weight is 325 g/mol. The van der Waals surface area contributed by atoms with Gasteiger partial charge in [-0.2, -0.15) is 13.2 Å². The Kier molecular flexibility index (Phi) is 4.41. The van der Waals surface area contributed by atoms with Gasteiger partial charge in [-0.15, -0.1) is 0 Å². The molecule has 2 rings (SSSR count). The van der Waals surface area contributed by atoms with E-state index in [9.17, 15) is 22.4 Å². The fraction of sp³-hybridized carbons (Fsp3) is 0.538. The number of alkyl halides is 3. The van der Waals surface area contributed by atoms with Crippen LogP contribution in [0.3, 0.4) is 0 Å². The maximum Gasteiger partial charge on any atom is 0.406 e. The van der Waals surface area contributed by atoms with Gasteiger partial charge in [0, 0.05) is 6.04 Å². The first kappa shape index (κ1) is 16.0. The van der Waals surface area contributed by atoms with Crippen LogP contribution in [0.25, 0.3) is 0 Å². The normalized spacial score (nSPS) is 16.7. The van der Waals surface area contributed by atoms with E-state index in [4.69, 9.17) is 11.6 Å². The summed E-state index contributed by atoms with van der Waals surface area (Å²) in [4.78, 5) is 16.5. The van der Waals surface area contributed by atoms with Crippen molar-refractivity contribution in [2.24, 2.45) is 5.92 Å². The highest BCUT2D eigenvalue weighted by atomic mass is 35.5. The number of carbonyl (C=O) groups excluding carboxylic acids is 1. The molecular weight excluding hydrogens is 312 g/mol. The van der Waals surface area contributed by atoms with Crippen molar-refractivity contribution in [3.05, 3.63) is 28.8 Å². The van der Waals surface area contributed by atoms with Gasteiger partial charge in [0.25, 0.3) is 5.91 Å². The number of halogens is 5. The first-order valence-corrected chi connectivity index (χ1v) is 6.75. The molecule has 21 heavy (non-hydrogen) atoms. The Balaban J connectivity index is 2.30. The van der Waals surface area contributed by atoms with Gasteiger partial charge in [0.05, 0.1) is 11.8 Å². The fourth-order valence-corrected chi connectivity index (χ4v) is 2.34. The lowest BCUT2D eigenvalue weighted by molar-refractivity contribution is -0.144. The van der Waals surface area contributed by atoms with Crippen LogP contribution in [0.15, 0.2) is 12.3 Å². The van der Waals surface area contributed by atoms with Crippen molar-refractivity contribution in [2.75, 3.05) is 6.54 Å². The van der Waals surface area contributed by atoms with Crippen molar-refractivity contribution in [2.45, 2.75) is 32.0 Å². The Morgan fingerprint density at radius 1 is 1.52 bits per heavy atom. The molecule has 8 heteroatoms. The van der Waals surface area contributed by atoms with E-state index < -0.39 is 30.5 Å². The third-order valence-electron chi connectivity index (χ3n) is 3.44. The smallest absolute Gasteiger partial charge is 0.326 e. The van der Waals surface area contributed by atoms with Crippen molar-refractivity contribution in [1.82, 2.24) is 9.88 Å². The van der Waals surface area contributed by atoms with Gasteiger partial charge in [-0.05, 0) is 31.7 Å². The zero-order chi connectivity index (χ0) is 15.8. The quantitative estimate of drug-likeness (QED) is 0.625. The molecular formula is C13H13ClF4N2O. The Labute approximate surface area is 123 Å².